The van der Waals surface area contributed by atoms with Crippen molar-refractivity contribution in [2.75, 3.05) is 19.8 Å². The van der Waals surface area contributed by atoms with Gasteiger partial charge in [-0.05, 0) is 31.2 Å². The number of hydrogen-bond acceptors (Lipinski definition) is 2. The van der Waals surface area contributed by atoms with E-state index < -0.39 is 0 Å². The van der Waals surface area contributed by atoms with Gasteiger partial charge in [0.1, 0.15) is 12.4 Å². The minimum absolute atomic E-state index is 0.0503. The molecule has 1 aromatic rings. The van der Waals surface area contributed by atoms with Crippen LogP contribution in [0.2, 0.25) is 0 Å². The Kier molecular flexibility index (Phi) is 5.76. The van der Waals surface area contributed by atoms with Crippen LogP contribution in [0.3, 0.4) is 0 Å². The van der Waals surface area contributed by atoms with Crippen molar-refractivity contribution in [3.8, 4) is 11.8 Å². The summed E-state index contributed by atoms with van der Waals surface area (Å²) in [5, 5.41) is 2.59. The van der Waals surface area contributed by atoms with E-state index in [-0.39, 0.29) is 24.9 Å². The molecule has 0 aliphatic heterocycles. The molecule has 1 rings (SSSR count). The van der Waals surface area contributed by atoms with E-state index in [4.69, 9.17) is 4.74 Å². The van der Waals surface area contributed by atoms with Gasteiger partial charge in [0.05, 0.1) is 6.54 Å². The molecule has 17 heavy (non-hydrogen) atoms. The zero-order valence-electron chi connectivity index (χ0n) is 9.63. The van der Waals surface area contributed by atoms with Crippen molar-refractivity contribution in [3.63, 3.8) is 0 Å². The molecule has 1 aromatic carbocycles. The summed E-state index contributed by atoms with van der Waals surface area (Å²) in [4.78, 5) is 11.1. The summed E-state index contributed by atoms with van der Waals surface area (Å²) in [7, 11) is 0. The number of nitrogens with one attached hydrogen (secondary N) is 1. The van der Waals surface area contributed by atoms with Gasteiger partial charge in [-0.15, -0.1) is 0 Å². The number of rotatable bonds is 4. The molecule has 1 N–H and O–H groups in total. The van der Waals surface area contributed by atoms with Crippen molar-refractivity contribution >= 4 is 5.91 Å². The Morgan fingerprint density at radius 2 is 2.12 bits per heavy atom. The molecule has 0 heterocycles. The molecule has 0 saturated heterocycles. The molecule has 3 nitrogen and oxygen atoms in total. The van der Waals surface area contributed by atoms with E-state index in [1.807, 2.05) is 6.92 Å². The topological polar surface area (TPSA) is 38.3 Å². The predicted molar refractivity (Wildman–Crippen MR) is 62.8 cm³/mol. The summed E-state index contributed by atoms with van der Waals surface area (Å²) in [6.07, 6.45) is 0. The zero-order valence-corrected chi connectivity index (χ0v) is 9.63. The number of ether oxygens (including phenoxy) is 1. The van der Waals surface area contributed by atoms with Crippen molar-refractivity contribution in [2.24, 2.45) is 0 Å². The monoisotopic (exact) mass is 235 g/mol. The maximum atomic E-state index is 12.6. The lowest BCUT2D eigenvalue weighted by Crippen LogP contribution is -2.27. The van der Waals surface area contributed by atoms with Crippen LogP contribution < -0.4 is 5.32 Å². The molecular weight excluding hydrogens is 221 g/mol. The lowest BCUT2D eigenvalue weighted by atomic mass is 10.2. The lowest BCUT2D eigenvalue weighted by molar-refractivity contribution is -0.125. The molecule has 4 heteroatoms. The van der Waals surface area contributed by atoms with Crippen LogP contribution in [0.25, 0.3) is 0 Å². The summed E-state index contributed by atoms with van der Waals surface area (Å²) >= 11 is 0. The van der Waals surface area contributed by atoms with Gasteiger partial charge in [-0.3, -0.25) is 4.79 Å². The van der Waals surface area contributed by atoms with E-state index >= 15 is 0 Å². The van der Waals surface area contributed by atoms with Gasteiger partial charge < -0.3 is 10.1 Å². The van der Waals surface area contributed by atoms with Crippen LogP contribution in [0, 0.1) is 17.7 Å². The Morgan fingerprint density at radius 3 is 2.76 bits per heavy atom. The minimum Gasteiger partial charge on any atom is -0.372 e. The van der Waals surface area contributed by atoms with Gasteiger partial charge in [0.15, 0.2) is 0 Å². The van der Waals surface area contributed by atoms with E-state index in [9.17, 15) is 9.18 Å². The fraction of sp³-hybridized carbons (Fsp3) is 0.308. The Bertz CT molecular complexity index is 417. The van der Waals surface area contributed by atoms with Crippen LogP contribution in [0.4, 0.5) is 4.39 Å². The first-order valence-corrected chi connectivity index (χ1v) is 5.31. The van der Waals surface area contributed by atoms with E-state index in [2.05, 4.69) is 17.2 Å². The summed E-state index contributed by atoms with van der Waals surface area (Å²) in [6, 6.07) is 5.87. The van der Waals surface area contributed by atoms with Crippen LogP contribution in [0.1, 0.15) is 12.5 Å². The van der Waals surface area contributed by atoms with Gasteiger partial charge in [-0.25, -0.2) is 4.39 Å². The minimum atomic E-state index is -0.291. The number of halogens is 1. The molecule has 0 saturated carbocycles. The first-order valence-electron chi connectivity index (χ1n) is 5.31. The fourth-order valence-corrected chi connectivity index (χ4v) is 1.07. The number of carbonyl (C=O) groups is 1. The summed E-state index contributed by atoms with van der Waals surface area (Å²) < 4.78 is 17.5. The molecule has 90 valence electrons. The average Bonchev–Trinajstić information content (AvgIpc) is 2.34. The van der Waals surface area contributed by atoms with Gasteiger partial charge in [-0.1, -0.05) is 11.8 Å². The van der Waals surface area contributed by atoms with Crippen molar-refractivity contribution in [1.82, 2.24) is 5.32 Å². The maximum absolute atomic E-state index is 12.6. The smallest absolute Gasteiger partial charge is 0.246 e. The first-order chi connectivity index (χ1) is 8.22. The quantitative estimate of drug-likeness (QED) is 0.799. The highest BCUT2D eigenvalue weighted by atomic mass is 19.1. The van der Waals surface area contributed by atoms with Crippen LogP contribution in [-0.2, 0) is 9.53 Å². The molecule has 0 fully saturated rings. The highest BCUT2D eigenvalue weighted by molar-refractivity contribution is 5.77. The molecular formula is C13H14FNO2. The van der Waals surface area contributed by atoms with Gasteiger partial charge in [0.2, 0.25) is 5.91 Å². The molecule has 0 bridgehead atoms. The number of hydrogen-bond donors (Lipinski definition) is 1. The molecule has 0 aliphatic carbocycles. The third kappa shape index (κ3) is 5.69. The van der Waals surface area contributed by atoms with E-state index in [0.717, 1.165) is 0 Å². The molecule has 0 radical (unpaired) electrons. The molecule has 1 amide bonds. The summed E-state index contributed by atoms with van der Waals surface area (Å²) in [6.45, 7) is 2.63. The SMILES string of the molecule is CCOCC(=O)NCC#Cc1ccc(F)cc1. The third-order valence-corrected chi connectivity index (χ3v) is 1.89. The Balaban J connectivity index is 2.31. The summed E-state index contributed by atoms with van der Waals surface area (Å²) in [5.74, 6) is 5.09. The van der Waals surface area contributed by atoms with Crippen molar-refractivity contribution < 1.29 is 13.9 Å². The van der Waals surface area contributed by atoms with E-state index in [0.29, 0.717) is 12.2 Å². The molecule has 0 unspecified atom stereocenters. The third-order valence-electron chi connectivity index (χ3n) is 1.89. The van der Waals surface area contributed by atoms with Gasteiger partial charge in [-0.2, -0.15) is 0 Å². The van der Waals surface area contributed by atoms with Gasteiger partial charge in [0.25, 0.3) is 0 Å². The summed E-state index contributed by atoms with van der Waals surface area (Å²) in [5.41, 5.74) is 0.713. The largest absolute Gasteiger partial charge is 0.372 e. The highest BCUT2D eigenvalue weighted by Crippen LogP contribution is 2.00. The molecule has 0 aromatic heterocycles. The predicted octanol–water partition coefficient (Wildman–Crippen LogP) is 1.33. The van der Waals surface area contributed by atoms with Gasteiger partial charge in [0, 0.05) is 12.2 Å². The second-order valence-corrected chi connectivity index (χ2v) is 3.22. The first kappa shape index (κ1) is 13.2. The van der Waals surface area contributed by atoms with Crippen LogP contribution in [0.5, 0.6) is 0 Å². The van der Waals surface area contributed by atoms with Crippen LogP contribution in [0.15, 0.2) is 24.3 Å². The second kappa shape index (κ2) is 7.42. The molecule has 0 spiro atoms. The fourth-order valence-electron chi connectivity index (χ4n) is 1.07. The highest BCUT2D eigenvalue weighted by Gasteiger charge is 1.96. The number of benzene rings is 1. The normalized spacial score (nSPS) is 9.29. The van der Waals surface area contributed by atoms with Crippen LogP contribution in [-0.4, -0.2) is 25.7 Å². The average molecular weight is 235 g/mol. The zero-order chi connectivity index (χ0) is 12.5. The Morgan fingerprint density at radius 1 is 1.41 bits per heavy atom. The van der Waals surface area contributed by atoms with Crippen molar-refractivity contribution in [3.05, 3.63) is 35.6 Å². The molecule has 0 aliphatic rings. The lowest BCUT2D eigenvalue weighted by Gasteiger charge is -2.00. The van der Waals surface area contributed by atoms with Crippen molar-refractivity contribution in [2.45, 2.75) is 6.92 Å². The van der Waals surface area contributed by atoms with Crippen molar-refractivity contribution in [1.29, 1.82) is 0 Å². The molecule has 0 atom stereocenters. The standard InChI is InChI=1S/C13H14FNO2/c1-2-17-10-13(16)15-9-3-4-11-5-7-12(14)8-6-11/h5-8H,2,9-10H2,1H3,(H,15,16). The van der Waals surface area contributed by atoms with Gasteiger partial charge >= 0.3 is 0 Å². The number of amides is 1. The van der Waals surface area contributed by atoms with E-state index in [1.165, 1.54) is 12.1 Å². The van der Waals surface area contributed by atoms with Crippen LogP contribution >= 0.6 is 0 Å². The second-order valence-electron chi connectivity index (χ2n) is 3.22. The van der Waals surface area contributed by atoms with E-state index in [1.54, 1.807) is 12.1 Å². The Hall–Kier alpha value is -1.86. The Labute approximate surface area is 100.0 Å². The number of carbonyl (C=O) groups excluding carboxylic acids is 1. The maximum Gasteiger partial charge on any atom is 0.246 e.